The summed E-state index contributed by atoms with van der Waals surface area (Å²) in [6.45, 7) is 0.515. The molecule has 0 saturated heterocycles. The Morgan fingerprint density at radius 1 is 1.17 bits per heavy atom. The number of rotatable bonds is 8. The number of nitrogens with one attached hydrogen (secondary N) is 2. The average Bonchev–Trinajstić information content (AvgIpc) is 2.51. The fourth-order valence-electron chi connectivity index (χ4n) is 1.73. The molecular formula is C15H20ClN3O4. The molecular weight excluding hydrogens is 322 g/mol. The number of carboxylic acid groups (broad SMARTS) is 1. The van der Waals surface area contributed by atoms with Gasteiger partial charge < -0.3 is 20.6 Å². The summed E-state index contributed by atoms with van der Waals surface area (Å²) in [6.07, 6.45) is 0.382. The van der Waals surface area contributed by atoms with E-state index in [1.807, 2.05) is 0 Å². The van der Waals surface area contributed by atoms with Gasteiger partial charge in [-0.3, -0.25) is 9.59 Å². The Kier molecular flexibility index (Phi) is 7.90. The van der Waals surface area contributed by atoms with Crippen LogP contribution in [-0.4, -0.2) is 48.1 Å². The number of carbonyl (C=O) groups is 3. The Bertz CT molecular complexity index is 548. The van der Waals surface area contributed by atoms with Gasteiger partial charge in [0.15, 0.2) is 0 Å². The molecule has 0 radical (unpaired) electrons. The highest BCUT2D eigenvalue weighted by atomic mass is 35.5. The maximum atomic E-state index is 11.8. The third-order valence-corrected chi connectivity index (χ3v) is 3.33. The van der Waals surface area contributed by atoms with Gasteiger partial charge >= 0.3 is 12.0 Å². The summed E-state index contributed by atoms with van der Waals surface area (Å²) in [7, 11) is 1.57. The van der Waals surface area contributed by atoms with Crippen LogP contribution in [0.25, 0.3) is 0 Å². The lowest BCUT2D eigenvalue weighted by Gasteiger charge is -2.17. The van der Waals surface area contributed by atoms with Crippen molar-refractivity contribution in [3.05, 3.63) is 34.9 Å². The number of amides is 3. The zero-order valence-corrected chi connectivity index (χ0v) is 13.6. The molecule has 0 aromatic heterocycles. The second-order valence-corrected chi connectivity index (χ2v) is 5.41. The lowest BCUT2D eigenvalue weighted by atomic mass is 10.2. The van der Waals surface area contributed by atoms with Crippen molar-refractivity contribution >= 4 is 29.5 Å². The van der Waals surface area contributed by atoms with Crippen LogP contribution in [0.4, 0.5) is 4.79 Å². The van der Waals surface area contributed by atoms with Gasteiger partial charge in [0.25, 0.3) is 0 Å². The zero-order chi connectivity index (χ0) is 17.2. The second kappa shape index (κ2) is 9.68. The van der Waals surface area contributed by atoms with Gasteiger partial charge in [0.2, 0.25) is 5.91 Å². The molecule has 0 aliphatic heterocycles. The van der Waals surface area contributed by atoms with E-state index in [0.29, 0.717) is 24.5 Å². The summed E-state index contributed by atoms with van der Waals surface area (Å²) in [5.41, 5.74) is 0.890. The summed E-state index contributed by atoms with van der Waals surface area (Å²) < 4.78 is 0. The molecule has 1 rings (SSSR count). The van der Waals surface area contributed by atoms with E-state index in [-0.39, 0.29) is 18.9 Å². The Morgan fingerprint density at radius 3 is 2.43 bits per heavy atom. The largest absolute Gasteiger partial charge is 0.481 e. The first-order chi connectivity index (χ1) is 10.9. The molecule has 0 spiro atoms. The number of carboxylic acids is 1. The number of halogens is 1. The van der Waals surface area contributed by atoms with Gasteiger partial charge in [0.1, 0.15) is 0 Å². The number of hydrogen-bond donors (Lipinski definition) is 3. The molecule has 1 aromatic carbocycles. The number of urea groups is 1. The van der Waals surface area contributed by atoms with Crippen molar-refractivity contribution in [2.45, 2.75) is 19.4 Å². The third kappa shape index (κ3) is 8.06. The van der Waals surface area contributed by atoms with E-state index in [9.17, 15) is 14.4 Å². The quantitative estimate of drug-likeness (QED) is 0.666. The molecule has 1 aromatic rings. The molecule has 0 saturated carbocycles. The lowest BCUT2D eigenvalue weighted by Crippen LogP contribution is -2.42. The highest BCUT2D eigenvalue weighted by molar-refractivity contribution is 6.30. The Labute approximate surface area is 139 Å². The van der Waals surface area contributed by atoms with E-state index in [1.54, 1.807) is 31.3 Å². The van der Waals surface area contributed by atoms with Crippen LogP contribution in [0.3, 0.4) is 0 Å². The number of likely N-dealkylation sites (N-methyl/N-ethyl adjacent to an activating group) is 1. The standard InChI is InChI=1S/C15H20ClN3O4/c1-19(8-2-3-14(21)22)13(20)10-18-15(23)17-9-11-4-6-12(16)7-5-11/h4-7H,2-3,8-10H2,1H3,(H,21,22)(H2,17,18,23). The molecule has 7 nitrogen and oxygen atoms in total. The predicted molar refractivity (Wildman–Crippen MR) is 86.2 cm³/mol. The van der Waals surface area contributed by atoms with E-state index in [0.717, 1.165) is 5.56 Å². The van der Waals surface area contributed by atoms with Crippen LogP contribution in [0.5, 0.6) is 0 Å². The Hall–Kier alpha value is -2.28. The van der Waals surface area contributed by atoms with Gasteiger partial charge in [-0.25, -0.2) is 4.79 Å². The van der Waals surface area contributed by atoms with Crippen LogP contribution in [-0.2, 0) is 16.1 Å². The van der Waals surface area contributed by atoms with Crippen molar-refractivity contribution in [1.82, 2.24) is 15.5 Å². The van der Waals surface area contributed by atoms with Crippen molar-refractivity contribution in [3.63, 3.8) is 0 Å². The summed E-state index contributed by atoms with van der Waals surface area (Å²) in [5.74, 6) is -1.18. The molecule has 0 aliphatic carbocycles. The molecule has 126 valence electrons. The Morgan fingerprint density at radius 2 is 1.83 bits per heavy atom. The fourth-order valence-corrected chi connectivity index (χ4v) is 1.86. The third-order valence-electron chi connectivity index (χ3n) is 3.08. The summed E-state index contributed by atoms with van der Waals surface area (Å²) in [5, 5.41) is 14.2. The van der Waals surface area contributed by atoms with E-state index < -0.39 is 12.0 Å². The summed E-state index contributed by atoms with van der Waals surface area (Å²) in [4.78, 5) is 35.2. The van der Waals surface area contributed by atoms with E-state index in [4.69, 9.17) is 16.7 Å². The molecule has 0 aliphatic rings. The Balaban J connectivity index is 2.22. The summed E-state index contributed by atoms with van der Waals surface area (Å²) >= 11 is 5.77. The fraction of sp³-hybridized carbons (Fsp3) is 0.400. The smallest absolute Gasteiger partial charge is 0.315 e. The number of carbonyl (C=O) groups excluding carboxylic acids is 2. The highest BCUT2D eigenvalue weighted by Gasteiger charge is 2.10. The summed E-state index contributed by atoms with van der Waals surface area (Å²) in [6, 6.07) is 6.60. The first-order valence-corrected chi connectivity index (χ1v) is 7.48. The number of nitrogens with zero attached hydrogens (tertiary/aromatic N) is 1. The van der Waals surface area contributed by atoms with E-state index >= 15 is 0 Å². The van der Waals surface area contributed by atoms with Crippen molar-refractivity contribution in [1.29, 1.82) is 0 Å². The first-order valence-electron chi connectivity index (χ1n) is 7.10. The number of aliphatic carboxylic acids is 1. The van der Waals surface area contributed by atoms with Gasteiger partial charge in [-0.15, -0.1) is 0 Å². The normalized spacial score (nSPS) is 10.0. The minimum Gasteiger partial charge on any atom is -0.481 e. The molecule has 0 atom stereocenters. The van der Waals surface area contributed by atoms with Crippen LogP contribution in [0.15, 0.2) is 24.3 Å². The van der Waals surface area contributed by atoms with Gasteiger partial charge in [-0.1, -0.05) is 23.7 Å². The zero-order valence-electron chi connectivity index (χ0n) is 12.8. The van der Waals surface area contributed by atoms with Crippen LogP contribution in [0.2, 0.25) is 5.02 Å². The predicted octanol–water partition coefficient (Wildman–Crippen LogP) is 1.46. The molecule has 0 bridgehead atoms. The van der Waals surface area contributed by atoms with Crippen molar-refractivity contribution < 1.29 is 19.5 Å². The molecule has 0 heterocycles. The van der Waals surface area contributed by atoms with Crippen LogP contribution in [0.1, 0.15) is 18.4 Å². The van der Waals surface area contributed by atoms with Gasteiger partial charge in [-0.2, -0.15) is 0 Å². The topological polar surface area (TPSA) is 98.7 Å². The first kappa shape index (κ1) is 18.8. The maximum absolute atomic E-state index is 11.8. The van der Waals surface area contributed by atoms with Crippen LogP contribution in [0, 0.1) is 0 Å². The van der Waals surface area contributed by atoms with Gasteiger partial charge in [-0.05, 0) is 24.1 Å². The number of hydrogen-bond acceptors (Lipinski definition) is 3. The molecule has 8 heteroatoms. The monoisotopic (exact) mass is 341 g/mol. The second-order valence-electron chi connectivity index (χ2n) is 4.98. The van der Waals surface area contributed by atoms with E-state index in [2.05, 4.69) is 10.6 Å². The SMILES string of the molecule is CN(CCCC(=O)O)C(=O)CNC(=O)NCc1ccc(Cl)cc1. The maximum Gasteiger partial charge on any atom is 0.315 e. The van der Waals surface area contributed by atoms with Crippen LogP contribution >= 0.6 is 11.6 Å². The molecule has 3 N–H and O–H groups in total. The lowest BCUT2D eigenvalue weighted by molar-refractivity contribution is -0.137. The van der Waals surface area contributed by atoms with E-state index in [1.165, 1.54) is 4.90 Å². The highest BCUT2D eigenvalue weighted by Crippen LogP contribution is 2.08. The minimum atomic E-state index is -0.898. The molecule has 0 fully saturated rings. The van der Waals surface area contributed by atoms with Crippen molar-refractivity contribution in [2.75, 3.05) is 20.1 Å². The average molecular weight is 342 g/mol. The van der Waals surface area contributed by atoms with Gasteiger partial charge in [0.05, 0.1) is 6.54 Å². The minimum absolute atomic E-state index is 0.00657. The van der Waals surface area contributed by atoms with Crippen molar-refractivity contribution in [3.8, 4) is 0 Å². The van der Waals surface area contributed by atoms with Gasteiger partial charge in [0, 0.05) is 31.6 Å². The van der Waals surface area contributed by atoms with Crippen molar-refractivity contribution in [2.24, 2.45) is 0 Å². The molecule has 3 amide bonds. The number of benzene rings is 1. The molecule has 0 unspecified atom stereocenters. The molecule has 23 heavy (non-hydrogen) atoms. The van der Waals surface area contributed by atoms with Crippen LogP contribution < -0.4 is 10.6 Å².